The van der Waals surface area contributed by atoms with E-state index in [0.717, 1.165) is 31.2 Å². The van der Waals surface area contributed by atoms with E-state index in [0.29, 0.717) is 6.04 Å². The Hall–Kier alpha value is -1.17. The van der Waals surface area contributed by atoms with E-state index in [1.165, 1.54) is 4.88 Å². The van der Waals surface area contributed by atoms with Crippen LogP contribution in [0.5, 0.6) is 0 Å². The number of imidazole rings is 1. The molecule has 17 heavy (non-hydrogen) atoms. The third-order valence-corrected chi connectivity index (χ3v) is 3.99. The molecule has 1 fully saturated rings. The third-order valence-electron chi connectivity index (χ3n) is 3.09. The van der Waals surface area contributed by atoms with Crippen molar-refractivity contribution < 1.29 is 0 Å². The number of hydrogen-bond donors (Lipinski definition) is 2. The van der Waals surface area contributed by atoms with Gasteiger partial charge in [-0.1, -0.05) is 6.07 Å². The normalized spacial score (nSPS) is 21.8. The van der Waals surface area contributed by atoms with Crippen LogP contribution < -0.4 is 5.32 Å². The van der Waals surface area contributed by atoms with Gasteiger partial charge in [-0.05, 0) is 18.5 Å². The van der Waals surface area contributed by atoms with E-state index in [4.69, 9.17) is 0 Å². The molecule has 4 nitrogen and oxygen atoms in total. The van der Waals surface area contributed by atoms with Gasteiger partial charge in [0.2, 0.25) is 0 Å². The average Bonchev–Trinajstić information content (AvgIpc) is 3.00. The third kappa shape index (κ3) is 2.26. The van der Waals surface area contributed by atoms with Gasteiger partial charge < -0.3 is 15.2 Å². The standard InChI is InChI=1S/C12H16N4S/c1-16-5-4-13-10(8-16)12-14-7-9(15-12)11-3-2-6-17-11/h2-3,6-7,10,13H,4-5,8H2,1H3,(H,14,15). The van der Waals surface area contributed by atoms with Crippen LogP contribution in [-0.2, 0) is 0 Å². The van der Waals surface area contributed by atoms with Gasteiger partial charge in [-0.3, -0.25) is 0 Å². The first-order chi connectivity index (χ1) is 8.33. The maximum atomic E-state index is 4.49. The quantitative estimate of drug-likeness (QED) is 0.850. The summed E-state index contributed by atoms with van der Waals surface area (Å²) >= 11 is 1.73. The molecule has 5 heteroatoms. The highest BCUT2D eigenvalue weighted by molar-refractivity contribution is 7.13. The number of hydrogen-bond acceptors (Lipinski definition) is 4. The highest BCUT2D eigenvalue weighted by Gasteiger charge is 2.20. The number of aromatic amines is 1. The predicted octanol–water partition coefficient (Wildman–Crippen LogP) is 1.71. The largest absolute Gasteiger partial charge is 0.340 e. The lowest BCUT2D eigenvalue weighted by atomic mass is 10.2. The molecule has 0 amide bonds. The predicted molar refractivity (Wildman–Crippen MR) is 70.1 cm³/mol. The second-order valence-electron chi connectivity index (χ2n) is 4.43. The number of rotatable bonds is 2. The number of nitrogens with zero attached hydrogens (tertiary/aromatic N) is 2. The van der Waals surface area contributed by atoms with Gasteiger partial charge in [0.25, 0.3) is 0 Å². The van der Waals surface area contributed by atoms with Crippen LogP contribution in [0.2, 0.25) is 0 Å². The van der Waals surface area contributed by atoms with Crippen molar-refractivity contribution in [1.82, 2.24) is 20.2 Å². The molecule has 0 bridgehead atoms. The maximum absolute atomic E-state index is 4.49. The lowest BCUT2D eigenvalue weighted by molar-refractivity contribution is 0.236. The van der Waals surface area contributed by atoms with Crippen LogP contribution in [0.25, 0.3) is 10.6 Å². The number of H-pyrrole nitrogens is 1. The summed E-state index contributed by atoms with van der Waals surface area (Å²) in [5.74, 6) is 1.04. The van der Waals surface area contributed by atoms with Crippen LogP contribution >= 0.6 is 11.3 Å². The van der Waals surface area contributed by atoms with E-state index in [1.54, 1.807) is 11.3 Å². The summed E-state index contributed by atoms with van der Waals surface area (Å²) < 4.78 is 0. The Morgan fingerprint density at radius 1 is 1.53 bits per heavy atom. The van der Waals surface area contributed by atoms with Gasteiger partial charge in [0.1, 0.15) is 5.82 Å². The zero-order valence-corrected chi connectivity index (χ0v) is 10.6. The molecule has 1 saturated heterocycles. The fraction of sp³-hybridized carbons (Fsp3) is 0.417. The van der Waals surface area contributed by atoms with E-state index in [2.05, 4.69) is 44.7 Å². The van der Waals surface area contributed by atoms with Gasteiger partial charge in [0.15, 0.2) is 0 Å². The number of aromatic nitrogens is 2. The first-order valence-corrected chi connectivity index (χ1v) is 6.71. The Balaban J connectivity index is 1.80. The molecule has 3 rings (SSSR count). The van der Waals surface area contributed by atoms with E-state index >= 15 is 0 Å². The van der Waals surface area contributed by atoms with Crippen LogP contribution in [0, 0.1) is 0 Å². The Bertz CT molecular complexity index is 476. The highest BCUT2D eigenvalue weighted by atomic mass is 32.1. The SMILES string of the molecule is CN1CCNC(c2ncc(-c3cccs3)[nH]2)C1. The molecular weight excluding hydrogens is 232 g/mol. The molecule has 1 aliphatic rings. The van der Waals surface area contributed by atoms with E-state index in [1.807, 2.05) is 6.20 Å². The van der Waals surface area contributed by atoms with Crippen LogP contribution in [0.3, 0.4) is 0 Å². The van der Waals surface area contributed by atoms with Crippen LogP contribution in [0.4, 0.5) is 0 Å². The summed E-state index contributed by atoms with van der Waals surface area (Å²) in [5, 5.41) is 5.58. The minimum atomic E-state index is 0.322. The topological polar surface area (TPSA) is 44.0 Å². The molecule has 1 unspecified atom stereocenters. The Morgan fingerprint density at radius 3 is 3.24 bits per heavy atom. The van der Waals surface area contributed by atoms with Gasteiger partial charge in [-0.25, -0.2) is 4.98 Å². The molecule has 0 saturated carbocycles. The van der Waals surface area contributed by atoms with E-state index in [9.17, 15) is 0 Å². The van der Waals surface area contributed by atoms with Crippen molar-refractivity contribution in [2.24, 2.45) is 0 Å². The van der Waals surface area contributed by atoms with Crippen molar-refractivity contribution >= 4 is 11.3 Å². The molecule has 0 aliphatic carbocycles. The fourth-order valence-electron chi connectivity index (χ4n) is 2.15. The first kappa shape index (κ1) is 11.0. The van der Waals surface area contributed by atoms with Crippen molar-refractivity contribution in [3.8, 4) is 10.6 Å². The van der Waals surface area contributed by atoms with Gasteiger partial charge >= 0.3 is 0 Å². The monoisotopic (exact) mass is 248 g/mol. The van der Waals surface area contributed by atoms with Gasteiger partial charge in [-0.15, -0.1) is 11.3 Å². The molecule has 3 heterocycles. The molecule has 0 radical (unpaired) electrons. The summed E-state index contributed by atoms with van der Waals surface area (Å²) in [7, 11) is 2.15. The molecule has 1 aliphatic heterocycles. The summed E-state index contributed by atoms with van der Waals surface area (Å²) in [6.45, 7) is 3.14. The highest BCUT2D eigenvalue weighted by Crippen LogP contribution is 2.24. The lowest BCUT2D eigenvalue weighted by Gasteiger charge is -2.29. The van der Waals surface area contributed by atoms with E-state index in [-0.39, 0.29) is 0 Å². The number of thiophene rings is 1. The van der Waals surface area contributed by atoms with Crippen molar-refractivity contribution in [3.63, 3.8) is 0 Å². The van der Waals surface area contributed by atoms with Crippen molar-refractivity contribution in [3.05, 3.63) is 29.5 Å². The molecule has 1 atom stereocenters. The lowest BCUT2D eigenvalue weighted by Crippen LogP contribution is -2.44. The second kappa shape index (κ2) is 4.60. The van der Waals surface area contributed by atoms with Crippen LogP contribution in [0.1, 0.15) is 11.9 Å². The van der Waals surface area contributed by atoms with E-state index < -0.39 is 0 Å². The fourth-order valence-corrected chi connectivity index (χ4v) is 2.84. The van der Waals surface area contributed by atoms with Crippen molar-refractivity contribution in [1.29, 1.82) is 0 Å². The van der Waals surface area contributed by atoms with Gasteiger partial charge in [-0.2, -0.15) is 0 Å². The molecular formula is C12H16N4S. The first-order valence-electron chi connectivity index (χ1n) is 5.83. The zero-order chi connectivity index (χ0) is 11.7. The number of nitrogens with one attached hydrogen (secondary N) is 2. The number of piperazine rings is 1. The molecule has 2 aromatic rings. The Kier molecular flexibility index (Phi) is 2.96. The Morgan fingerprint density at radius 2 is 2.47 bits per heavy atom. The zero-order valence-electron chi connectivity index (χ0n) is 9.81. The Labute approximate surface area is 105 Å². The molecule has 0 spiro atoms. The molecule has 90 valence electrons. The number of likely N-dealkylation sites (N-methyl/N-ethyl adjacent to an activating group) is 1. The summed E-state index contributed by atoms with van der Waals surface area (Å²) in [5.41, 5.74) is 1.12. The molecule has 2 N–H and O–H groups in total. The molecule has 0 aromatic carbocycles. The smallest absolute Gasteiger partial charge is 0.125 e. The van der Waals surface area contributed by atoms with Crippen molar-refractivity contribution in [2.45, 2.75) is 6.04 Å². The summed E-state index contributed by atoms with van der Waals surface area (Å²) in [4.78, 5) is 11.5. The minimum absolute atomic E-state index is 0.322. The summed E-state index contributed by atoms with van der Waals surface area (Å²) in [6.07, 6.45) is 1.93. The van der Waals surface area contributed by atoms with Gasteiger partial charge in [0, 0.05) is 19.6 Å². The average molecular weight is 248 g/mol. The van der Waals surface area contributed by atoms with Crippen LogP contribution in [-0.4, -0.2) is 41.5 Å². The van der Waals surface area contributed by atoms with Crippen LogP contribution in [0.15, 0.2) is 23.7 Å². The maximum Gasteiger partial charge on any atom is 0.125 e. The minimum Gasteiger partial charge on any atom is -0.340 e. The molecule has 2 aromatic heterocycles. The van der Waals surface area contributed by atoms with Crippen molar-refractivity contribution in [2.75, 3.05) is 26.7 Å². The second-order valence-corrected chi connectivity index (χ2v) is 5.38. The van der Waals surface area contributed by atoms with Gasteiger partial charge in [0.05, 0.1) is 22.8 Å². The summed E-state index contributed by atoms with van der Waals surface area (Å²) in [6, 6.07) is 4.50.